The Balaban J connectivity index is 2.20. The van der Waals surface area contributed by atoms with Gasteiger partial charge in [-0.3, -0.25) is 14.6 Å². The summed E-state index contributed by atoms with van der Waals surface area (Å²) in [7, 11) is 2.60. The van der Waals surface area contributed by atoms with E-state index >= 15 is 0 Å². The summed E-state index contributed by atoms with van der Waals surface area (Å²) in [6, 6.07) is 8.41. The van der Waals surface area contributed by atoms with Gasteiger partial charge in [0.05, 0.1) is 43.6 Å². The summed E-state index contributed by atoms with van der Waals surface area (Å²) in [5, 5.41) is 20.6. The van der Waals surface area contributed by atoms with Crippen LogP contribution in [0.1, 0.15) is 62.1 Å². The van der Waals surface area contributed by atoms with E-state index in [2.05, 4.69) is 11.9 Å². The Morgan fingerprint density at radius 2 is 1.76 bits per heavy atom. The Bertz CT molecular complexity index is 1330. The number of esters is 3. The third kappa shape index (κ3) is 10.5. The fourth-order valence-electron chi connectivity index (χ4n) is 3.85. The number of rotatable bonds is 16. The number of carbonyl (C=O) groups excluding carboxylic acids is 3. The minimum absolute atomic E-state index is 0.0951. The van der Waals surface area contributed by atoms with Crippen molar-refractivity contribution in [2.75, 3.05) is 38.8 Å². The number of benzene rings is 1. The van der Waals surface area contributed by atoms with Gasteiger partial charge in [0.2, 0.25) is 0 Å². The highest BCUT2D eigenvalue weighted by Gasteiger charge is 2.19. The van der Waals surface area contributed by atoms with Gasteiger partial charge in [-0.05, 0) is 37.1 Å². The highest BCUT2D eigenvalue weighted by atomic mass is 35.5. The maximum Gasteiger partial charge on any atom is 0.349 e. The lowest BCUT2D eigenvalue weighted by molar-refractivity contribution is -0.140. The predicted molar refractivity (Wildman–Crippen MR) is 163 cm³/mol. The highest BCUT2D eigenvalue weighted by molar-refractivity contribution is 7.15. The number of ether oxygens (including phenoxy) is 3. The summed E-state index contributed by atoms with van der Waals surface area (Å²) in [5.41, 5.74) is 1.18. The van der Waals surface area contributed by atoms with E-state index in [0.717, 1.165) is 25.7 Å². The molecule has 0 saturated heterocycles. The number of methoxy groups -OCH3 is 2. The number of halogens is 1. The molecular weight excluding hydrogens is 582 g/mol. The van der Waals surface area contributed by atoms with E-state index in [-0.39, 0.29) is 49.5 Å². The first-order valence-corrected chi connectivity index (χ1v) is 14.7. The summed E-state index contributed by atoms with van der Waals surface area (Å²) in [6.45, 7) is 4.53. The molecule has 12 heteroatoms. The molecule has 0 unspecified atom stereocenters. The van der Waals surface area contributed by atoms with Crippen LogP contribution in [0.2, 0.25) is 5.02 Å². The second-order valence-electron chi connectivity index (χ2n) is 9.20. The highest BCUT2D eigenvalue weighted by Crippen LogP contribution is 2.35. The van der Waals surface area contributed by atoms with Crippen molar-refractivity contribution < 1.29 is 33.7 Å². The summed E-state index contributed by atoms with van der Waals surface area (Å²) in [4.78, 5) is 43.1. The normalized spacial score (nSPS) is 11.5. The number of hydrogen-bond acceptors (Lipinski definition) is 11. The largest absolute Gasteiger partial charge is 0.506 e. The van der Waals surface area contributed by atoms with Gasteiger partial charge < -0.3 is 24.2 Å². The van der Waals surface area contributed by atoms with E-state index in [0.29, 0.717) is 26.0 Å². The zero-order valence-electron chi connectivity index (χ0n) is 24.3. The molecule has 1 heterocycles. The van der Waals surface area contributed by atoms with Gasteiger partial charge in [-0.1, -0.05) is 37.8 Å². The predicted octanol–water partition coefficient (Wildman–Crippen LogP) is 6.21. The van der Waals surface area contributed by atoms with Crippen molar-refractivity contribution in [3.63, 3.8) is 0 Å². The molecule has 1 N–H and O–H groups in total. The molecule has 42 heavy (non-hydrogen) atoms. The van der Waals surface area contributed by atoms with E-state index in [1.807, 2.05) is 6.07 Å². The van der Waals surface area contributed by atoms with Crippen LogP contribution in [-0.2, 0) is 28.6 Å². The second-order valence-corrected chi connectivity index (χ2v) is 10.7. The van der Waals surface area contributed by atoms with Crippen LogP contribution in [0.3, 0.4) is 0 Å². The fourth-order valence-corrected chi connectivity index (χ4v) is 5.21. The van der Waals surface area contributed by atoms with E-state index < -0.39 is 17.9 Å². The smallest absolute Gasteiger partial charge is 0.349 e. The summed E-state index contributed by atoms with van der Waals surface area (Å²) < 4.78 is 14.7. The van der Waals surface area contributed by atoms with E-state index in [1.54, 1.807) is 30.0 Å². The zero-order valence-corrected chi connectivity index (χ0v) is 25.8. The van der Waals surface area contributed by atoms with Crippen molar-refractivity contribution in [1.29, 1.82) is 5.26 Å². The van der Waals surface area contributed by atoms with Crippen molar-refractivity contribution in [3.8, 4) is 11.8 Å². The van der Waals surface area contributed by atoms with Crippen molar-refractivity contribution in [2.24, 2.45) is 4.99 Å². The van der Waals surface area contributed by atoms with Gasteiger partial charge in [-0.15, -0.1) is 11.3 Å². The van der Waals surface area contributed by atoms with Crippen LogP contribution in [0.4, 0.5) is 11.4 Å². The van der Waals surface area contributed by atoms with Crippen molar-refractivity contribution in [1.82, 2.24) is 0 Å². The number of hydrogen-bond donors (Lipinski definition) is 1. The fraction of sp³-hybridized carbons (Fsp3) is 0.433. The van der Waals surface area contributed by atoms with Crippen LogP contribution in [0.25, 0.3) is 5.57 Å². The molecule has 0 aliphatic rings. The second kappa shape index (κ2) is 17.8. The lowest BCUT2D eigenvalue weighted by Crippen LogP contribution is -2.29. The average Bonchev–Trinajstić information content (AvgIpc) is 3.36. The molecule has 0 radical (unpaired) electrons. The van der Waals surface area contributed by atoms with Crippen LogP contribution < -0.4 is 4.90 Å². The number of nitrogens with zero attached hydrogens (tertiary/aromatic N) is 3. The number of aliphatic imine (C=N–C) groups is 1. The van der Waals surface area contributed by atoms with Gasteiger partial charge in [0.25, 0.3) is 0 Å². The van der Waals surface area contributed by atoms with Crippen molar-refractivity contribution in [3.05, 3.63) is 44.6 Å². The summed E-state index contributed by atoms with van der Waals surface area (Å²) in [6.07, 6.45) is 5.53. The number of allylic oxidation sites excluding steroid dienone is 1. The molecular formula is C30H36ClN3O7S. The van der Waals surface area contributed by atoms with Gasteiger partial charge in [-0.25, -0.2) is 4.79 Å². The summed E-state index contributed by atoms with van der Waals surface area (Å²) >= 11 is 7.68. The molecule has 1 aromatic carbocycles. The van der Waals surface area contributed by atoms with Crippen molar-refractivity contribution >= 4 is 64.0 Å². The molecule has 0 spiro atoms. The first-order valence-electron chi connectivity index (χ1n) is 13.5. The Morgan fingerprint density at radius 1 is 1.10 bits per heavy atom. The number of phenolic OH excluding ortho intramolecular Hbond substituents is 1. The van der Waals surface area contributed by atoms with Crippen LogP contribution in [-0.4, -0.2) is 63.1 Å². The molecule has 0 atom stereocenters. The lowest BCUT2D eigenvalue weighted by atomic mass is 10.1. The van der Waals surface area contributed by atoms with Crippen LogP contribution >= 0.6 is 22.9 Å². The van der Waals surface area contributed by atoms with E-state index in [1.165, 1.54) is 37.8 Å². The van der Waals surface area contributed by atoms with Gasteiger partial charge in [0.15, 0.2) is 0 Å². The molecule has 0 bridgehead atoms. The zero-order chi connectivity index (χ0) is 31.1. The molecule has 2 rings (SSSR count). The van der Waals surface area contributed by atoms with Crippen molar-refractivity contribution in [2.45, 2.75) is 52.4 Å². The molecule has 1 aromatic heterocycles. The SMILES string of the molecule is CCCCCCOC(=O)/C(C#N)=C(\C)c1sc(/C=N/c2ccc(N(CCC(=O)OC)CCC(=O)OC)cc2O)cc1Cl. The first kappa shape index (κ1) is 34.3. The number of unbranched alkanes of at least 4 members (excludes halogenated alkanes) is 3. The van der Waals surface area contributed by atoms with Crippen LogP contribution in [0.5, 0.6) is 5.75 Å². The van der Waals surface area contributed by atoms with Crippen LogP contribution in [0.15, 0.2) is 34.8 Å². The number of anilines is 1. The molecule has 0 fully saturated rings. The molecule has 0 aliphatic heterocycles. The molecule has 10 nitrogen and oxygen atoms in total. The standard InChI is InChI=1S/C30H36ClN3O7S/c1-5-6-7-8-15-41-30(38)23(18-32)20(2)29-24(31)17-22(42-29)19-33-25-10-9-21(16-26(25)35)34(13-11-27(36)39-3)14-12-28(37)40-4/h9-10,16-17,19,35H,5-8,11-15H2,1-4H3/b23-20+,33-19+. The number of nitriles is 1. The van der Waals surface area contributed by atoms with Gasteiger partial charge in [0, 0.05) is 35.9 Å². The third-order valence-electron chi connectivity index (χ3n) is 6.25. The Hall–Kier alpha value is -3.88. The number of carbonyl (C=O) groups is 3. The number of aromatic hydroxyl groups is 1. The number of thiophene rings is 1. The quantitative estimate of drug-likeness (QED) is 0.0581. The molecule has 0 aliphatic carbocycles. The number of phenols is 1. The molecule has 226 valence electrons. The topological polar surface area (TPSA) is 139 Å². The Labute approximate surface area is 255 Å². The minimum atomic E-state index is -0.677. The average molecular weight is 618 g/mol. The van der Waals surface area contributed by atoms with Gasteiger partial charge >= 0.3 is 17.9 Å². The van der Waals surface area contributed by atoms with Gasteiger partial charge in [-0.2, -0.15) is 5.26 Å². The van der Waals surface area contributed by atoms with Crippen LogP contribution in [0, 0.1) is 11.3 Å². The molecule has 0 saturated carbocycles. The maximum atomic E-state index is 12.5. The lowest BCUT2D eigenvalue weighted by Gasteiger charge is -2.24. The molecule has 0 amide bonds. The third-order valence-corrected chi connectivity index (χ3v) is 7.85. The summed E-state index contributed by atoms with van der Waals surface area (Å²) in [5.74, 6) is -1.59. The Kier molecular flexibility index (Phi) is 14.6. The van der Waals surface area contributed by atoms with Gasteiger partial charge in [0.1, 0.15) is 23.1 Å². The van der Waals surface area contributed by atoms with E-state index in [4.69, 9.17) is 25.8 Å². The first-order chi connectivity index (χ1) is 20.1. The minimum Gasteiger partial charge on any atom is -0.506 e. The molecule has 2 aromatic rings. The maximum absolute atomic E-state index is 12.5. The van der Waals surface area contributed by atoms with E-state index in [9.17, 15) is 24.8 Å². The Morgan fingerprint density at radius 3 is 2.33 bits per heavy atom. The monoisotopic (exact) mass is 617 g/mol.